The van der Waals surface area contributed by atoms with Gasteiger partial charge in [0.2, 0.25) is 0 Å². The Hall–Kier alpha value is -0.360. The van der Waals surface area contributed by atoms with Crippen molar-refractivity contribution in [3.8, 4) is 0 Å². The fraction of sp³-hybridized carbons (Fsp3) is 0.571. The van der Waals surface area contributed by atoms with Gasteiger partial charge in [-0.1, -0.05) is 0 Å². The minimum absolute atomic E-state index is 0.189. The zero-order valence-corrected chi connectivity index (χ0v) is 7.31. The predicted octanol–water partition coefficient (Wildman–Crippen LogP) is -0.712. The highest BCUT2D eigenvalue weighted by Crippen LogP contribution is 2.21. The lowest BCUT2D eigenvalue weighted by Gasteiger charge is -2.32. The van der Waals surface area contributed by atoms with Crippen LogP contribution in [0.25, 0.3) is 0 Å². The number of hydrogen-bond acceptors (Lipinski definition) is 4. The molecule has 0 radical (unpaired) electrons. The summed E-state index contributed by atoms with van der Waals surface area (Å²) in [6.07, 6.45) is 1.95. The molecule has 1 fully saturated rings. The smallest absolute Gasteiger partial charge is 0.181 e. The SMILES string of the molecule is C=[SH+]1OC[C@H]2OC=C[C@@H](O)[C@@H]2O1. The fourth-order valence-corrected chi connectivity index (χ4v) is 2.13. The van der Waals surface area contributed by atoms with Crippen LogP contribution in [0.2, 0.25) is 0 Å². The van der Waals surface area contributed by atoms with E-state index in [9.17, 15) is 5.11 Å². The van der Waals surface area contributed by atoms with Crippen molar-refractivity contribution in [1.82, 2.24) is 0 Å². The molecule has 5 heteroatoms. The van der Waals surface area contributed by atoms with Crippen LogP contribution >= 0.6 is 0 Å². The number of rotatable bonds is 0. The molecule has 2 aliphatic rings. The van der Waals surface area contributed by atoms with Crippen molar-refractivity contribution in [3.05, 3.63) is 12.3 Å². The second-order valence-corrected chi connectivity index (χ2v) is 3.83. The predicted molar refractivity (Wildman–Crippen MR) is 46.7 cm³/mol. The highest BCUT2D eigenvalue weighted by molar-refractivity contribution is 7.85. The minimum atomic E-state index is -1.09. The molecule has 2 rings (SSSR count). The van der Waals surface area contributed by atoms with Crippen LogP contribution in [0.5, 0.6) is 0 Å². The van der Waals surface area contributed by atoms with E-state index in [0.717, 1.165) is 0 Å². The Bertz CT molecular complexity index is 227. The molecule has 0 saturated carbocycles. The number of aliphatic hydroxyl groups excluding tert-OH is 1. The second kappa shape index (κ2) is 3.18. The van der Waals surface area contributed by atoms with Crippen LogP contribution < -0.4 is 0 Å². The maximum absolute atomic E-state index is 9.46. The molecule has 2 heterocycles. The third-order valence-electron chi connectivity index (χ3n) is 1.85. The van der Waals surface area contributed by atoms with Gasteiger partial charge in [0.05, 0.1) is 6.26 Å². The molecule has 68 valence electrons. The van der Waals surface area contributed by atoms with E-state index in [0.29, 0.717) is 6.61 Å². The van der Waals surface area contributed by atoms with Gasteiger partial charge in [-0.3, -0.25) is 0 Å². The van der Waals surface area contributed by atoms with Gasteiger partial charge in [0, 0.05) is 0 Å². The summed E-state index contributed by atoms with van der Waals surface area (Å²) >= 11 is -1.09. The Labute approximate surface area is 73.1 Å². The van der Waals surface area contributed by atoms with Crippen molar-refractivity contribution in [2.24, 2.45) is 0 Å². The van der Waals surface area contributed by atoms with Gasteiger partial charge in [-0.25, -0.2) is 0 Å². The van der Waals surface area contributed by atoms with Crippen LogP contribution in [0, 0.1) is 0 Å². The fourth-order valence-electron chi connectivity index (χ4n) is 1.22. The Morgan fingerprint density at radius 2 is 2.42 bits per heavy atom. The third-order valence-corrected chi connectivity index (χ3v) is 2.77. The van der Waals surface area contributed by atoms with Gasteiger partial charge in [-0.2, -0.15) is 8.37 Å². The Balaban J connectivity index is 2.12. The summed E-state index contributed by atoms with van der Waals surface area (Å²) in [6, 6.07) is 0. The van der Waals surface area contributed by atoms with E-state index < -0.39 is 17.1 Å². The van der Waals surface area contributed by atoms with E-state index in [1.165, 1.54) is 6.26 Å². The largest absolute Gasteiger partial charge is 0.493 e. The number of hydrogen-bond donors (Lipinski definition) is 1. The molecule has 0 aliphatic carbocycles. The summed E-state index contributed by atoms with van der Waals surface area (Å²) < 4.78 is 15.7. The van der Waals surface area contributed by atoms with Gasteiger partial charge in [0.1, 0.15) is 29.6 Å². The van der Waals surface area contributed by atoms with Gasteiger partial charge in [0.25, 0.3) is 0 Å². The van der Waals surface area contributed by atoms with Gasteiger partial charge in [-0.15, -0.1) is 0 Å². The van der Waals surface area contributed by atoms with Gasteiger partial charge in [0.15, 0.2) is 12.2 Å². The van der Waals surface area contributed by atoms with Crippen molar-refractivity contribution in [1.29, 1.82) is 0 Å². The Morgan fingerprint density at radius 1 is 1.58 bits per heavy atom. The highest BCUT2D eigenvalue weighted by Gasteiger charge is 2.39. The molecule has 0 aromatic heterocycles. The van der Waals surface area contributed by atoms with Crippen LogP contribution in [-0.2, 0) is 24.1 Å². The zero-order valence-electron chi connectivity index (χ0n) is 6.42. The van der Waals surface area contributed by atoms with Gasteiger partial charge in [-0.05, 0) is 6.08 Å². The monoisotopic (exact) mass is 191 g/mol. The van der Waals surface area contributed by atoms with E-state index >= 15 is 0 Å². The molecule has 12 heavy (non-hydrogen) atoms. The first-order chi connectivity index (χ1) is 5.77. The van der Waals surface area contributed by atoms with E-state index in [2.05, 4.69) is 5.87 Å². The van der Waals surface area contributed by atoms with Crippen LogP contribution in [0.15, 0.2) is 12.3 Å². The maximum atomic E-state index is 9.46. The van der Waals surface area contributed by atoms with E-state index in [4.69, 9.17) is 13.1 Å². The van der Waals surface area contributed by atoms with Gasteiger partial charge < -0.3 is 9.84 Å². The average Bonchev–Trinajstić information content (AvgIpc) is 2.07. The summed E-state index contributed by atoms with van der Waals surface area (Å²) in [5.74, 6) is 3.65. The minimum Gasteiger partial charge on any atom is -0.493 e. The number of thiol groups is 1. The Kier molecular flexibility index (Phi) is 2.18. The summed E-state index contributed by atoms with van der Waals surface area (Å²) in [6.45, 7) is 0.446. The molecular weight excluding hydrogens is 180 g/mol. The first kappa shape index (κ1) is 8.25. The molecule has 0 aromatic rings. The topological polar surface area (TPSA) is 47.9 Å². The van der Waals surface area contributed by atoms with E-state index in [-0.39, 0.29) is 12.2 Å². The number of ether oxygens (including phenoxy) is 1. The third kappa shape index (κ3) is 1.40. The highest BCUT2D eigenvalue weighted by atomic mass is 32.2. The van der Waals surface area contributed by atoms with Gasteiger partial charge >= 0.3 is 0 Å². The molecule has 2 aliphatic heterocycles. The van der Waals surface area contributed by atoms with Crippen molar-refractivity contribution in [2.75, 3.05) is 6.61 Å². The number of aliphatic hydroxyl groups is 1. The molecule has 1 N–H and O–H groups in total. The van der Waals surface area contributed by atoms with E-state index in [1.54, 1.807) is 6.08 Å². The van der Waals surface area contributed by atoms with Crippen LogP contribution in [0.4, 0.5) is 0 Å². The summed E-state index contributed by atoms with van der Waals surface area (Å²) in [4.78, 5) is 0. The molecule has 4 nitrogen and oxygen atoms in total. The van der Waals surface area contributed by atoms with E-state index in [1.807, 2.05) is 0 Å². The van der Waals surface area contributed by atoms with Crippen molar-refractivity contribution in [2.45, 2.75) is 18.3 Å². The second-order valence-electron chi connectivity index (χ2n) is 2.69. The normalized spacial score (nSPS) is 46.4. The lowest BCUT2D eigenvalue weighted by Crippen LogP contribution is -2.48. The molecule has 1 unspecified atom stereocenters. The van der Waals surface area contributed by atoms with Crippen LogP contribution in [0.3, 0.4) is 0 Å². The average molecular weight is 191 g/mol. The van der Waals surface area contributed by atoms with Crippen molar-refractivity contribution in [3.63, 3.8) is 0 Å². The molecule has 0 spiro atoms. The van der Waals surface area contributed by atoms with Crippen LogP contribution in [0.1, 0.15) is 0 Å². The zero-order chi connectivity index (χ0) is 8.55. The quantitative estimate of drug-likeness (QED) is 0.312. The molecule has 0 amide bonds. The maximum Gasteiger partial charge on any atom is 0.181 e. The number of fused-ring (bicyclic) bond motifs is 1. The molecule has 0 aromatic carbocycles. The Morgan fingerprint density at radius 3 is 3.25 bits per heavy atom. The first-order valence-electron chi connectivity index (χ1n) is 3.68. The van der Waals surface area contributed by atoms with Crippen molar-refractivity contribution < 1.29 is 18.2 Å². The summed E-state index contributed by atoms with van der Waals surface area (Å²) in [5, 5.41) is 9.46. The van der Waals surface area contributed by atoms with Crippen LogP contribution in [-0.4, -0.2) is 35.9 Å². The lowest BCUT2D eigenvalue weighted by molar-refractivity contribution is -0.0800. The van der Waals surface area contributed by atoms with Crippen molar-refractivity contribution >= 4 is 16.9 Å². The summed E-state index contributed by atoms with van der Waals surface area (Å²) in [7, 11) is 0. The molecule has 0 bridgehead atoms. The lowest BCUT2D eigenvalue weighted by atomic mass is 10.1. The molecular formula is C7H11O4S+. The molecule has 1 saturated heterocycles. The standard InChI is InChI=1S/C7H10O4S/c1-12-10-4-6-7(11-12)5(8)2-3-9-6/h2-3,5-8H,1,4H2/p+1/t5-,6-,7+,12?/m1/s1. The molecule has 4 atom stereocenters. The summed E-state index contributed by atoms with van der Waals surface area (Å²) in [5.41, 5.74) is 0. The first-order valence-corrected chi connectivity index (χ1v) is 5.04.